The molecule has 1 aromatic rings. The lowest BCUT2D eigenvalue weighted by Crippen LogP contribution is -2.37. The largest absolute Gasteiger partial charge is 0.496 e. The molecule has 0 amide bonds. The van der Waals surface area contributed by atoms with Crippen LogP contribution in [0.15, 0.2) is 12.1 Å². The standard InChI is InChI=1S/C13H18O4/c1-8-9(2)11(17-4)6-5-10(8)13(3,7-14)12(15)16/h5-6,14H,7H2,1-4H3,(H,15,16). The van der Waals surface area contributed by atoms with Gasteiger partial charge in [0.2, 0.25) is 0 Å². The summed E-state index contributed by atoms with van der Waals surface area (Å²) in [5.74, 6) is -0.315. The molecule has 17 heavy (non-hydrogen) atoms. The molecule has 0 saturated carbocycles. The Morgan fingerprint density at radius 2 is 1.94 bits per heavy atom. The van der Waals surface area contributed by atoms with Gasteiger partial charge in [0.25, 0.3) is 0 Å². The molecule has 0 radical (unpaired) electrons. The van der Waals surface area contributed by atoms with Crippen LogP contribution in [0.25, 0.3) is 0 Å². The molecular formula is C13H18O4. The second kappa shape index (κ2) is 4.75. The van der Waals surface area contributed by atoms with Crippen molar-refractivity contribution in [3.8, 4) is 5.75 Å². The van der Waals surface area contributed by atoms with Gasteiger partial charge in [-0.25, -0.2) is 0 Å². The summed E-state index contributed by atoms with van der Waals surface area (Å²) < 4.78 is 5.18. The predicted octanol–water partition coefficient (Wildman–Crippen LogP) is 1.65. The molecule has 0 aromatic heterocycles. The van der Waals surface area contributed by atoms with Crippen molar-refractivity contribution in [2.24, 2.45) is 0 Å². The zero-order valence-corrected chi connectivity index (χ0v) is 10.6. The van der Waals surface area contributed by atoms with Gasteiger partial charge in [-0.1, -0.05) is 6.07 Å². The Labute approximate surface area is 101 Å². The van der Waals surface area contributed by atoms with Crippen molar-refractivity contribution in [2.75, 3.05) is 13.7 Å². The number of carbonyl (C=O) groups is 1. The highest BCUT2D eigenvalue weighted by molar-refractivity contribution is 5.82. The number of aliphatic hydroxyl groups is 1. The first-order chi connectivity index (χ1) is 7.88. The molecular weight excluding hydrogens is 220 g/mol. The van der Waals surface area contributed by atoms with E-state index in [9.17, 15) is 15.0 Å². The van der Waals surface area contributed by atoms with E-state index in [1.165, 1.54) is 6.92 Å². The lowest BCUT2D eigenvalue weighted by Gasteiger charge is -2.26. The quantitative estimate of drug-likeness (QED) is 0.837. The normalized spacial score (nSPS) is 14.2. The molecule has 0 aliphatic carbocycles. The molecule has 4 heteroatoms. The van der Waals surface area contributed by atoms with E-state index >= 15 is 0 Å². The molecule has 94 valence electrons. The molecule has 2 N–H and O–H groups in total. The molecule has 0 fully saturated rings. The Kier molecular flexibility index (Phi) is 3.78. The first-order valence-electron chi connectivity index (χ1n) is 5.37. The van der Waals surface area contributed by atoms with Gasteiger partial charge in [0.15, 0.2) is 0 Å². The summed E-state index contributed by atoms with van der Waals surface area (Å²) in [6, 6.07) is 3.43. The molecule has 4 nitrogen and oxygen atoms in total. The third-order valence-corrected chi connectivity index (χ3v) is 3.34. The van der Waals surface area contributed by atoms with E-state index in [0.29, 0.717) is 5.56 Å². The minimum atomic E-state index is -1.28. The first-order valence-corrected chi connectivity index (χ1v) is 5.37. The fourth-order valence-electron chi connectivity index (χ4n) is 1.88. The number of aliphatic carboxylic acids is 1. The molecule has 0 saturated heterocycles. The number of carboxylic acids is 1. The van der Waals surface area contributed by atoms with Crippen LogP contribution in [0.3, 0.4) is 0 Å². The van der Waals surface area contributed by atoms with Crippen LogP contribution in [0.4, 0.5) is 0 Å². The minimum absolute atomic E-state index is 0.436. The second-order valence-electron chi connectivity index (χ2n) is 4.36. The number of hydrogen-bond donors (Lipinski definition) is 2. The topological polar surface area (TPSA) is 66.8 Å². The monoisotopic (exact) mass is 238 g/mol. The van der Waals surface area contributed by atoms with Crippen LogP contribution < -0.4 is 4.74 Å². The van der Waals surface area contributed by atoms with Crippen molar-refractivity contribution in [3.05, 3.63) is 28.8 Å². The molecule has 1 atom stereocenters. The SMILES string of the molecule is COc1ccc(C(C)(CO)C(=O)O)c(C)c1C. The van der Waals surface area contributed by atoms with Gasteiger partial charge in [0.1, 0.15) is 11.2 Å². The number of methoxy groups -OCH3 is 1. The Bertz CT molecular complexity index is 439. The van der Waals surface area contributed by atoms with Crippen LogP contribution in [0.2, 0.25) is 0 Å². The minimum Gasteiger partial charge on any atom is -0.496 e. The molecule has 1 unspecified atom stereocenters. The summed E-state index contributed by atoms with van der Waals surface area (Å²) in [5, 5.41) is 18.6. The third-order valence-electron chi connectivity index (χ3n) is 3.34. The summed E-state index contributed by atoms with van der Waals surface area (Å²) >= 11 is 0. The maximum atomic E-state index is 11.3. The molecule has 0 aliphatic heterocycles. The van der Waals surface area contributed by atoms with Gasteiger partial charge in [0, 0.05) is 0 Å². The van der Waals surface area contributed by atoms with Crippen molar-refractivity contribution in [3.63, 3.8) is 0 Å². The van der Waals surface area contributed by atoms with E-state index in [0.717, 1.165) is 16.9 Å². The van der Waals surface area contributed by atoms with Gasteiger partial charge in [-0.2, -0.15) is 0 Å². The summed E-state index contributed by atoms with van der Waals surface area (Å²) in [5.41, 5.74) is 1.07. The zero-order chi connectivity index (χ0) is 13.2. The molecule has 1 aromatic carbocycles. The number of hydrogen-bond acceptors (Lipinski definition) is 3. The van der Waals surface area contributed by atoms with Gasteiger partial charge in [-0.05, 0) is 43.5 Å². The maximum Gasteiger partial charge on any atom is 0.316 e. The smallest absolute Gasteiger partial charge is 0.316 e. The van der Waals surface area contributed by atoms with E-state index in [4.69, 9.17) is 4.74 Å². The van der Waals surface area contributed by atoms with Gasteiger partial charge >= 0.3 is 5.97 Å². The number of carboxylic acid groups (broad SMARTS) is 1. The second-order valence-corrected chi connectivity index (χ2v) is 4.36. The Morgan fingerprint density at radius 3 is 2.35 bits per heavy atom. The van der Waals surface area contributed by atoms with E-state index in [2.05, 4.69) is 0 Å². The van der Waals surface area contributed by atoms with Crippen LogP contribution in [-0.4, -0.2) is 29.9 Å². The summed E-state index contributed by atoms with van der Waals surface area (Å²) in [7, 11) is 1.57. The van der Waals surface area contributed by atoms with E-state index in [1.807, 2.05) is 13.8 Å². The summed E-state index contributed by atoms with van der Waals surface area (Å²) in [6.07, 6.45) is 0. The Balaban J connectivity index is 3.42. The molecule has 1 rings (SSSR count). The van der Waals surface area contributed by atoms with Crippen LogP contribution in [0.1, 0.15) is 23.6 Å². The highest BCUT2D eigenvalue weighted by atomic mass is 16.5. The predicted molar refractivity (Wildman–Crippen MR) is 64.5 cm³/mol. The molecule has 0 spiro atoms. The Morgan fingerprint density at radius 1 is 1.35 bits per heavy atom. The maximum absolute atomic E-state index is 11.3. The summed E-state index contributed by atoms with van der Waals surface area (Å²) in [6.45, 7) is 4.79. The molecule has 0 bridgehead atoms. The Hall–Kier alpha value is -1.55. The van der Waals surface area contributed by atoms with Gasteiger partial charge in [0.05, 0.1) is 13.7 Å². The van der Waals surface area contributed by atoms with Crippen molar-refractivity contribution >= 4 is 5.97 Å². The number of rotatable bonds is 4. The fraction of sp³-hybridized carbons (Fsp3) is 0.462. The lowest BCUT2D eigenvalue weighted by molar-refractivity contribution is -0.144. The van der Waals surface area contributed by atoms with E-state index < -0.39 is 18.0 Å². The van der Waals surface area contributed by atoms with Crippen LogP contribution >= 0.6 is 0 Å². The summed E-state index contributed by atoms with van der Waals surface area (Å²) in [4.78, 5) is 11.3. The number of aliphatic hydroxyl groups excluding tert-OH is 1. The lowest BCUT2D eigenvalue weighted by atomic mass is 9.79. The number of ether oxygens (including phenoxy) is 1. The third kappa shape index (κ3) is 2.13. The van der Waals surface area contributed by atoms with E-state index in [1.54, 1.807) is 19.2 Å². The molecule has 0 heterocycles. The highest BCUT2D eigenvalue weighted by Crippen LogP contribution is 2.32. The zero-order valence-electron chi connectivity index (χ0n) is 10.6. The number of benzene rings is 1. The van der Waals surface area contributed by atoms with Crippen molar-refractivity contribution in [2.45, 2.75) is 26.2 Å². The van der Waals surface area contributed by atoms with E-state index in [-0.39, 0.29) is 0 Å². The van der Waals surface area contributed by atoms with Gasteiger partial charge < -0.3 is 14.9 Å². The highest BCUT2D eigenvalue weighted by Gasteiger charge is 2.36. The van der Waals surface area contributed by atoms with Crippen molar-refractivity contribution < 1.29 is 19.7 Å². The molecule has 0 aliphatic rings. The van der Waals surface area contributed by atoms with Crippen LogP contribution in [0.5, 0.6) is 5.75 Å². The fourth-order valence-corrected chi connectivity index (χ4v) is 1.88. The van der Waals surface area contributed by atoms with Crippen LogP contribution in [-0.2, 0) is 10.2 Å². The van der Waals surface area contributed by atoms with Crippen LogP contribution in [0, 0.1) is 13.8 Å². The van der Waals surface area contributed by atoms with Gasteiger partial charge in [-0.3, -0.25) is 4.79 Å². The average Bonchev–Trinajstić information content (AvgIpc) is 2.31. The van der Waals surface area contributed by atoms with Gasteiger partial charge in [-0.15, -0.1) is 0 Å². The first kappa shape index (κ1) is 13.5. The average molecular weight is 238 g/mol. The van der Waals surface area contributed by atoms with Crippen molar-refractivity contribution in [1.29, 1.82) is 0 Å². The van der Waals surface area contributed by atoms with Crippen molar-refractivity contribution in [1.82, 2.24) is 0 Å².